The largest absolute Gasteiger partial charge is 0.380 e. The summed E-state index contributed by atoms with van der Waals surface area (Å²) < 4.78 is 5.44. The number of carbonyl (C=O) groups excluding carboxylic acids is 1. The standard InChI is InChI=1S/C14H28N2O2/c1-5-18-9-13(10(2)3)16-14(17)12-6-11(4)7-15-8-12/h10-13,15H,5-9H2,1-4H3,(H,16,17). The van der Waals surface area contributed by atoms with Crippen LogP contribution >= 0.6 is 0 Å². The highest BCUT2D eigenvalue weighted by Crippen LogP contribution is 2.16. The van der Waals surface area contributed by atoms with Gasteiger partial charge in [0.1, 0.15) is 0 Å². The molecule has 18 heavy (non-hydrogen) atoms. The highest BCUT2D eigenvalue weighted by Gasteiger charge is 2.27. The highest BCUT2D eigenvalue weighted by molar-refractivity contribution is 5.79. The first-order chi connectivity index (χ1) is 8.54. The van der Waals surface area contributed by atoms with E-state index < -0.39 is 0 Å². The van der Waals surface area contributed by atoms with E-state index in [2.05, 4.69) is 31.4 Å². The molecule has 0 aliphatic carbocycles. The minimum Gasteiger partial charge on any atom is -0.380 e. The summed E-state index contributed by atoms with van der Waals surface area (Å²) in [6.45, 7) is 11.5. The van der Waals surface area contributed by atoms with E-state index in [4.69, 9.17) is 4.74 Å². The number of carbonyl (C=O) groups is 1. The molecule has 4 heteroatoms. The van der Waals surface area contributed by atoms with Crippen LogP contribution in [-0.4, -0.2) is 38.3 Å². The molecule has 0 spiro atoms. The van der Waals surface area contributed by atoms with Crippen LogP contribution in [0.25, 0.3) is 0 Å². The number of hydrogen-bond donors (Lipinski definition) is 2. The van der Waals surface area contributed by atoms with Crippen LogP contribution in [0.3, 0.4) is 0 Å². The molecule has 1 amide bonds. The molecule has 106 valence electrons. The average molecular weight is 256 g/mol. The smallest absolute Gasteiger partial charge is 0.224 e. The summed E-state index contributed by atoms with van der Waals surface area (Å²) in [5.74, 6) is 1.26. The lowest BCUT2D eigenvalue weighted by atomic mass is 9.90. The van der Waals surface area contributed by atoms with Crippen molar-refractivity contribution in [3.05, 3.63) is 0 Å². The molecular formula is C14H28N2O2. The van der Waals surface area contributed by atoms with Crippen LogP contribution in [0, 0.1) is 17.8 Å². The maximum absolute atomic E-state index is 12.2. The van der Waals surface area contributed by atoms with Crippen molar-refractivity contribution >= 4 is 5.91 Å². The summed E-state index contributed by atoms with van der Waals surface area (Å²) in [4.78, 5) is 12.2. The van der Waals surface area contributed by atoms with Crippen molar-refractivity contribution < 1.29 is 9.53 Å². The maximum Gasteiger partial charge on any atom is 0.224 e. The number of amides is 1. The fraction of sp³-hybridized carbons (Fsp3) is 0.929. The molecule has 0 aromatic carbocycles. The van der Waals surface area contributed by atoms with Gasteiger partial charge in [-0.1, -0.05) is 20.8 Å². The first-order valence-corrected chi connectivity index (χ1v) is 7.13. The molecule has 0 saturated carbocycles. The van der Waals surface area contributed by atoms with Crippen molar-refractivity contribution in [3.8, 4) is 0 Å². The number of hydrogen-bond acceptors (Lipinski definition) is 3. The van der Waals surface area contributed by atoms with Crippen molar-refractivity contribution in [1.29, 1.82) is 0 Å². The minimum atomic E-state index is 0.108. The molecular weight excluding hydrogens is 228 g/mol. The van der Waals surface area contributed by atoms with Gasteiger partial charge < -0.3 is 15.4 Å². The molecule has 1 fully saturated rings. The Balaban J connectivity index is 2.44. The van der Waals surface area contributed by atoms with E-state index in [1.54, 1.807) is 0 Å². The zero-order valence-corrected chi connectivity index (χ0v) is 12.2. The monoisotopic (exact) mass is 256 g/mol. The van der Waals surface area contributed by atoms with Gasteiger partial charge in [0.25, 0.3) is 0 Å². The van der Waals surface area contributed by atoms with Crippen LogP contribution in [0.4, 0.5) is 0 Å². The van der Waals surface area contributed by atoms with Crippen LogP contribution in [-0.2, 0) is 9.53 Å². The van der Waals surface area contributed by atoms with Crippen LogP contribution < -0.4 is 10.6 Å². The normalized spacial score (nSPS) is 26.1. The zero-order chi connectivity index (χ0) is 13.5. The van der Waals surface area contributed by atoms with Gasteiger partial charge in [-0.05, 0) is 31.7 Å². The van der Waals surface area contributed by atoms with Gasteiger partial charge in [0.05, 0.1) is 18.6 Å². The third-order valence-electron chi connectivity index (χ3n) is 3.58. The summed E-state index contributed by atoms with van der Waals surface area (Å²) in [5.41, 5.74) is 0. The molecule has 0 bridgehead atoms. The molecule has 3 unspecified atom stereocenters. The van der Waals surface area contributed by atoms with Crippen LogP contribution in [0.2, 0.25) is 0 Å². The van der Waals surface area contributed by atoms with Gasteiger partial charge in [-0.3, -0.25) is 4.79 Å². The van der Waals surface area contributed by atoms with E-state index in [9.17, 15) is 4.79 Å². The van der Waals surface area contributed by atoms with Crippen molar-refractivity contribution in [2.24, 2.45) is 17.8 Å². The Morgan fingerprint density at radius 2 is 2.17 bits per heavy atom. The first kappa shape index (κ1) is 15.4. The molecule has 0 radical (unpaired) electrons. The predicted octanol–water partition coefficient (Wildman–Crippen LogP) is 1.41. The SMILES string of the molecule is CCOCC(NC(=O)C1CNCC(C)C1)C(C)C. The molecule has 4 nitrogen and oxygen atoms in total. The van der Waals surface area contributed by atoms with Gasteiger partial charge in [0.15, 0.2) is 0 Å². The lowest BCUT2D eigenvalue weighted by molar-refractivity contribution is -0.127. The van der Waals surface area contributed by atoms with E-state index in [0.717, 1.165) is 19.5 Å². The van der Waals surface area contributed by atoms with Crippen molar-refractivity contribution in [1.82, 2.24) is 10.6 Å². The van der Waals surface area contributed by atoms with E-state index in [0.29, 0.717) is 25.0 Å². The molecule has 1 aliphatic heterocycles. The van der Waals surface area contributed by atoms with Crippen LogP contribution in [0.1, 0.15) is 34.1 Å². The minimum absolute atomic E-state index is 0.108. The molecule has 0 aromatic heterocycles. The Bertz CT molecular complexity index is 256. The van der Waals surface area contributed by atoms with Crippen molar-refractivity contribution in [2.45, 2.75) is 40.2 Å². The molecule has 2 N–H and O–H groups in total. The Hall–Kier alpha value is -0.610. The Morgan fingerprint density at radius 1 is 1.44 bits per heavy atom. The molecule has 1 aliphatic rings. The van der Waals surface area contributed by atoms with Gasteiger partial charge in [0, 0.05) is 13.2 Å². The van der Waals surface area contributed by atoms with Gasteiger partial charge in [-0.15, -0.1) is 0 Å². The first-order valence-electron chi connectivity index (χ1n) is 7.13. The third kappa shape index (κ3) is 4.94. The van der Waals surface area contributed by atoms with Crippen molar-refractivity contribution in [2.75, 3.05) is 26.3 Å². The summed E-state index contributed by atoms with van der Waals surface area (Å²) >= 11 is 0. The summed E-state index contributed by atoms with van der Waals surface area (Å²) in [6, 6.07) is 0.120. The molecule has 1 rings (SSSR count). The van der Waals surface area contributed by atoms with Gasteiger partial charge in [-0.2, -0.15) is 0 Å². The molecule has 3 atom stereocenters. The second-order valence-electron chi connectivity index (χ2n) is 5.71. The van der Waals surface area contributed by atoms with E-state index in [1.165, 1.54) is 0 Å². The van der Waals surface area contributed by atoms with E-state index >= 15 is 0 Å². The van der Waals surface area contributed by atoms with Gasteiger partial charge >= 0.3 is 0 Å². The number of ether oxygens (including phenoxy) is 1. The maximum atomic E-state index is 12.2. The van der Waals surface area contributed by atoms with E-state index in [1.807, 2.05) is 6.92 Å². The molecule has 1 saturated heterocycles. The Kier molecular flexibility index (Phi) is 6.65. The van der Waals surface area contributed by atoms with Crippen LogP contribution in [0.15, 0.2) is 0 Å². The second-order valence-corrected chi connectivity index (χ2v) is 5.71. The number of nitrogens with one attached hydrogen (secondary N) is 2. The lowest BCUT2D eigenvalue weighted by Gasteiger charge is -2.29. The van der Waals surface area contributed by atoms with Crippen LogP contribution in [0.5, 0.6) is 0 Å². The number of piperidine rings is 1. The van der Waals surface area contributed by atoms with Gasteiger partial charge in [0.2, 0.25) is 5.91 Å². The quantitative estimate of drug-likeness (QED) is 0.755. The molecule has 1 heterocycles. The topological polar surface area (TPSA) is 50.4 Å². The summed E-state index contributed by atoms with van der Waals surface area (Å²) in [7, 11) is 0. The Morgan fingerprint density at radius 3 is 2.72 bits per heavy atom. The average Bonchev–Trinajstić information content (AvgIpc) is 2.33. The number of rotatable bonds is 6. The summed E-state index contributed by atoms with van der Waals surface area (Å²) in [6.07, 6.45) is 0.984. The summed E-state index contributed by atoms with van der Waals surface area (Å²) in [5, 5.41) is 6.46. The fourth-order valence-corrected chi connectivity index (χ4v) is 2.30. The van der Waals surface area contributed by atoms with Crippen molar-refractivity contribution in [3.63, 3.8) is 0 Å². The highest BCUT2D eigenvalue weighted by atomic mass is 16.5. The predicted molar refractivity (Wildman–Crippen MR) is 73.4 cm³/mol. The molecule has 0 aromatic rings. The van der Waals surface area contributed by atoms with E-state index in [-0.39, 0.29) is 17.9 Å². The second kappa shape index (κ2) is 7.74. The Labute approximate surface area is 111 Å². The zero-order valence-electron chi connectivity index (χ0n) is 12.2. The third-order valence-corrected chi connectivity index (χ3v) is 3.58. The lowest BCUT2D eigenvalue weighted by Crippen LogP contribution is -2.49. The fourth-order valence-electron chi connectivity index (χ4n) is 2.30. The van der Waals surface area contributed by atoms with Gasteiger partial charge in [-0.25, -0.2) is 0 Å².